The van der Waals surface area contributed by atoms with Crippen molar-refractivity contribution in [1.82, 2.24) is 10.2 Å². The van der Waals surface area contributed by atoms with Crippen LogP contribution in [0.2, 0.25) is 0 Å². The van der Waals surface area contributed by atoms with Crippen molar-refractivity contribution in [3.8, 4) is 0 Å². The molecule has 0 aliphatic carbocycles. The maximum absolute atomic E-state index is 12.0. The topological polar surface area (TPSA) is 49.4 Å². The Morgan fingerprint density at radius 1 is 1.19 bits per heavy atom. The summed E-state index contributed by atoms with van der Waals surface area (Å²) in [6.07, 6.45) is 4.18. The molecular formula is C16H34N2O2S. The Kier molecular flexibility index (Phi) is 8.21. The van der Waals surface area contributed by atoms with E-state index in [0.717, 1.165) is 38.8 Å². The standard InChI is InChI=1S/C16H34N2O2S/c1-5-8-15-12-17-16(14(4)7-3)13-18(15)9-11-21(19,20)10-6-2/h14-17H,5-13H2,1-4H3. The fraction of sp³-hybridized carbons (Fsp3) is 1.00. The van der Waals surface area contributed by atoms with Crippen LogP contribution in [0.3, 0.4) is 0 Å². The van der Waals surface area contributed by atoms with Crippen molar-refractivity contribution < 1.29 is 8.42 Å². The van der Waals surface area contributed by atoms with Gasteiger partial charge in [-0.25, -0.2) is 8.42 Å². The summed E-state index contributed by atoms with van der Waals surface area (Å²) in [5, 5.41) is 3.67. The van der Waals surface area contributed by atoms with Crippen molar-refractivity contribution in [2.24, 2.45) is 5.92 Å². The lowest BCUT2D eigenvalue weighted by Crippen LogP contribution is -2.59. The first kappa shape index (κ1) is 18.9. The molecule has 1 aliphatic heterocycles. The second kappa shape index (κ2) is 9.11. The van der Waals surface area contributed by atoms with Gasteiger partial charge in [0, 0.05) is 37.5 Å². The summed E-state index contributed by atoms with van der Waals surface area (Å²) in [6.45, 7) is 11.3. The molecule has 1 saturated heterocycles. The minimum atomic E-state index is -2.87. The molecule has 3 atom stereocenters. The molecule has 126 valence electrons. The molecule has 0 aromatic rings. The minimum Gasteiger partial charge on any atom is -0.311 e. The average molecular weight is 319 g/mol. The molecule has 0 aromatic heterocycles. The van der Waals surface area contributed by atoms with Crippen LogP contribution in [-0.2, 0) is 9.84 Å². The van der Waals surface area contributed by atoms with E-state index in [1.54, 1.807) is 0 Å². The van der Waals surface area contributed by atoms with Crippen molar-refractivity contribution >= 4 is 9.84 Å². The molecule has 0 saturated carbocycles. The van der Waals surface area contributed by atoms with E-state index in [9.17, 15) is 8.42 Å². The lowest BCUT2D eigenvalue weighted by atomic mass is 9.94. The smallest absolute Gasteiger partial charge is 0.151 e. The molecule has 0 bridgehead atoms. The zero-order chi connectivity index (χ0) is 15.9. The lowest BCUT2D eigenvalue weighted by molar-refractivity contribution is 0.109. The van der Waals surface area contributed by atoms with Crippen LogP contribution in [0.4, 0.5) is 0 Å². The molecule has 4 nitrogen and oxygen atoms in total. The number of sulfone groups is 1. The highest BCUT2D eigenvalue weighted by Crippen LogP contribution is 2.18. The normalized spacial score (nSPS) is 25.9. The van der Waals surface area contributed by atoms with Crippen molar-refractivity contribution in [2.45, 2.75) is 65.5 Å². The molecule has 0 aromatic carbocycles. The average Bonchev–Trinajstić information content (AvgIpc) is 2.45. The van der Waals surface area contributed by atoms with Crippen LogP contribution in [0.15, 0.2) is 0 Å². The summed E-state index contributed by atoms with van der Waals surface area (Å²) in [7, 11) is -2.87. The van der Waals surface area contributed by atoms with Gasteiger partial charge in [-0.05, 0) is 18.8 Å². The van der Waals surface area contributed by atoms with E-state index in [2.05, 4.69) is 31.0 Å². The van der Waals surface area contributed by atoms with Gasteiger partial charge in [0.15, 0.2) is 9.84 Å². The highest BCUT2D eigenvalue weighted by Gasteiger charge is 2.30. The Hall–Kier alpha value is -0.130. The zero-order valence-electron chi connectivity index (χ0n) is 14.3. The van der Waals surface area contributed by atoms with E-state index in [4.69, 9.17) is 0 Å². The molecule has 1 heterocycles. The molecule has 21 heavy (non-hydrogen) atoms. The first-order valence-corrected chi connectivity index (χ1v) is 10.4. The lowest BCUT2D eigenvalue weighted by Gasteiger charge is -2.42. The third-order valence-electron chi connectivity index (χ3n) is 4.72. The van der Waals surface area contributed by atoms with Crippen LogP contribution in [-0.4, -0.2) is 56.5 Å². The van der Waals surface area contributed by atoms with Crippen LogP contribution in [0.5, 0.6) is 0 Å². The van der Waals surface area contributed by atoms with Crippen molar-refractivity contribution in [3.05, 3.63) is 0 Å². The molecule has 3 unspecified atom stereocenters. The highest BCUT2D eigenvalue weighted by molar-refractivity contribution is 7.91. The minimum absolute atomic E-state index is 0.314. The van der Waals surface area contributed by atoms with Crippen LogP contribution in [0.1, 0.15) is 53.4 Å². The number of piperazine rings is 1. The molecule has 0 amide bonds. The van der Waals surface area contributed by atoms with Gasteiger partial charge in [0.2, 0.25) is 0 Å². The summed E-state index contributed by atoms with van der Waals surface area (Å²) in [5.41, 5.74) is 0. The van der Waals surface area contributed by atoms with Gasteiger partial charge in [-0.15, -0.1) is 0 Å². The van der Waals surface area contributed by atoms with E-state index in [1.807, 2.05) is 6.92 Å². The fourth-order valence-electron chi connectivity index (χ4n) is 3.11. The number of nitrogens with zero attached hydrogens (tertiary/aromatic N) is 1. The Labute approximate surface area is 131 Å². The van der Waals surface area contributed by atoms with Crippen molar-refractivity contribution in [3.63, 3.8) is 0 Å². The van der Waals surface area contributed by atoms with Gasteiger partial charge >= 0.3 is 0 Å². The Balaban J connectivity index is 2.62. The maximum Gasteiger partial charge on any atom is 0.151 e. The molecule has 0 spiro atoms. The van der Waals surface area contributed by atoms with Gasteiger partial charge in [0.1, 0.15) is 0 Å². The molecular weight excluding hydrogens is 284 g/mol. The first-order valence-electron chi connectivity index (χ1n) is 8.61. The summed E-state index contributed by atoms with van der Waals surface area (Å²) in [6, 6.07) is 0.990. The first-order chi connectivity index (χ1) is 9.93. The number of hydrogen-bond acceptors (Lipinski definition) is 4. The number of nitrogens with one attached hydrogen (secondary N) is 1. The van der Waals surface area contributed by atoms with E-state index >= 15 is 0 Å². The third kappa shape index (κ3) is 6.25. The largest absolute Gasteiger partial charge is 0.311 e. The SMILES string of the molecule is CCCC1CNC(C(C)CC)CN1CCS(=O)(=O)CCC. The molecule has 0 radical (unpaired) electrons. The van der Waals surface area contributed by atoms with Gasteiger partial charge in [-0.2, -0.15) is 0 Å². The Morgan fingerprint density at radius 2 is 1.90 bits per heavy atom. The molecule has 1 N–H and O–H groups in total. The van der Waals surface area contributed by atoms with Gasteiger partial charge in [-0.3, -0.25) is 4.90 Å². The highest BCUT2D eigenvalue weighted by atomic mass is 32.2. The molecule has 1 rings (SSSR count). The summed E-state index contributed by atoms with van der Waals surface area (Å²) >= 11 is 0. The number of rotatable bonds is 9. The Morgan fingerprint density at radius 3 is 2.48 bits per heavy atom. The van der Waals surface area contributed by atoms with Gasteiger partial charge in [-0.1, -0.05) is 40.5 Å². The van der Waals surface area contributed by atoms with E-state index < -0.39 is 9.84 Å². The maximum atomic E-state index is 12.0. The molecule has 1 fully saturated rings. The van der Waals surface area contributed by atoms with E-state index in [1.165, 1.54) is 0 Å². The molecule has 5 heteroatoms. The van der Waals surface area contributed by atoms with Gasteiger partial charge < -0.3 is 5.32 Å². The van der Waals surface area contributed by atoms with Gasteiger partial charge in [0.25, 0.3) is 0 Å². The quantitative estimate of drug-likeness (QED) is 0.709. The second-order valence-electron chi connectivity index (χ2n) is 6.49. The molecule has 1 aliphatic rings. The summed E-state index contributed by atoms with van der Waals surface area (Å²) < 4.78 is 23.9. The van der Waals surface area contributed by atoms with Crippen molar-refractivity contribution in [2.75, 3.05) is 31.1 Å². The number of hydrogen-bond donors (Lipinski definition) is 1. The van der Waals surface area contributed by atoms with Gasteiger partial charge in [0.05, 0.1) is 5.75 Å². The second-order valence-corrected chi connectivity index (χ2v) is 8.79. The predicted octanol–water partition coefficient (Wildman–Crippen LogP) is 2.30. The van der Waals surface area contributed by atoms with E-state index in [-0.39, 0.29) is 0 Å². The van der Waals surface area contributed by atoms with Crippen LogP contribution in [0, 0.1) is 5.92 Å². The van der Waals surface area contributed by atoms with Crippen LogP contribution in [0.25, 0.3) is 0 Å². The monoisotopic (exact) mass is 318 g/mol. The van der Waals surface area contributed by atoms with Crippen LogP contribution < -0.4 is 5.32 Å². The van der Waals surface area contributed by atoms with E-state index in [0.29, 0.717) is 36.1 Å². The summed E-state index contributed by atoms with van der Waals surface area (Å²) in [5.74, 6) is 1.28. The fourth-order valence-corrected chi connectivity index (χ4v) is 4.45. The zero-order valence-corrected chi connectivity index (χ0v) is 15.1. The van der Waals surface area contributed by atoms with Crippen molar-refractivity contribution in [1.29, 1.82) is 0 Å². The third-order valence-corrected chi connectivity index (χ3v) is 6.56. The Bertz CT molecular complexity index is 384. The predicted molar refractivity (Wildman–Crippen MR) is 90.5 cm³/mol. The summed E-state index contributed by atoms with van der Waals surface area (Å²) in [4.78, 5) is 2.42. The van der Waals surface area contributed by atoms with Crippen LogP contribution >= 0.6 is 0 Å².